The monoisotopic (exact) mass is 195 g/mol. The third-order valence-electron chi connectivity index (χ3n) is 2.87. The molecule has 0 saturated heterocycles. The van der Waals surface area contributed by atoms with Gasteiger partial charge in [0.25, 0.3) is 0 Å². The van der Waals surface area contributed by atoms with Crippen LogP contribution < -0.4 is 5.73 Å². The van der Waals surface area contributed by atoms with Crippen LogP contribution in [0.25, 0.3) is 0 Å². The number of halogens is 1. The molecule has 13 heavy (non-hydrogen) atoms. The van der Waals surface area contributed by atoms with Gasteiger partial charge in [-0.05, 0) is 48.9 Å². The van der Waals surface area contributed by atoms with E-state index in [0.717, 1.165) is 11.4 Å². The van der Waals surface area contributed by atoms with Crippen LogP contribution in [0.1, 0.15) is 30.4 Å². The lowest BCUT2D eigenvalue weighted by atomic mass is 9.95. The van der Waals surface area contributed by atoms with Gasteiger partial charge in [0.05, 0.1) is 0 Å². The lowest BCUT2D eigenvalue weighted by molar-refractivity contribution is 0.564. The van der Waals surface area contributed by atoms with Crippen molar-refractivity contribution in [2.75, 3.05) is 0 Å². The predicted octanol–water partition coefficient (Wildman–Crippen LogP) is 2.72. The third kappa shape index (κ3) is 1.59. The van der Waals surface area contributed by atoms with Gasteiger partial charge in [0.15, 0.2) is 0 Å². The molecule has 0 saturated carbocycles. The molecule has 1 aromatic rings. The number of benzene rings is 1. The van der Waals surface area contributed by atoms with Crippen molar-refractivity contribution in [1.82, 2.24) is 0 Å². The van der Waals surface area contributed by atoms with Gasteiger partial charge in [0.1, 0.15) is 0 Å². The van der Waals surface area contributed by atoms with Crippen LogP contribution in [-0.2, 0) is 6.42 Å². The Labute approximate surface area is 83.9 Å². The van der Waals surface area contributed by atoms with Crippen LogP contribution >= 0.6 is 11.6 Å². The summed E-state index contributed by atoms with van der Waals surface area (Å²) in [5, 5.41) is 0.825. The van der Waals surface area contributed by atoms with Gasteiger partial charge in [-0.15, -0.1) is 0 Å². The number of aryl methyl sites for hydroxylation is 1. The van der Waals surface area contributed by atoms with E-state index < -0.39 is 0 Å². The second-order valence-corrected chi connectivity index (χ2v) is 4.28. The van der Waals surface area contributed by atoms with E-state index in [2.05, 4.69) is 19.1 Å². The molecule has 2 unspecified atom stereocenters. The Bertz CT molecular complexity index is 320. The van der Waals surface area contributed by atoms with Crippen LogP contribution in [-0.4, -0.2) is 6.04 Å². The predicted molar refractivity (Wildman–Crippen MR) is 56.2 cm³/mol. The van der Waals surface area contributed by atoms with Crippen molar-refractivity contribution in [2.24, 2.45) is 5.73 Å². The molecule has 1 aliphatic rings. The molecule has 0 aliphatic heterocycles. The van der Waals surface area contributed by atoms with Crippen molar-refractivity contribution in [1.29, 1.82) is 0 Å². The van der Waals surface area contributed by atoms with E-state index >= 15 is 0 Å². The van der Waals surface area contributed by atoms with E-state index in [0.29, 0.717) is 5.92 Å². The molecule has 2 N–H and O–H groups in total. The van der Waals surface area contributed by atoms with E-state index in [4.69, 9.17) is 17.3 Å². The van der Waals surface area contributed by atoms with Crippen molar-refractivity contribution < 1.29 is 0 Å². The topological polar surface area (TPSA) is 26.0 Å². The van der Waals surface area contributed by atoms with Gasteiger partial charge >= 0.3 is 0 Å². The lowest BCUT2D eigenvalue weighted by Crippen LogP contribution is -2.22. The zero-order valence-corrected chi connectivity index (χ0v) is 8.51. The summed E-state index contributed by atoms with van der Waals surface area (Å²) < 4.78 is 0. The van der Waals surface area contributed by atoms with Crippen LogP contribution in [0.15, 0.2) is 18.2 Å². The Kier molecular flexibility index (Phi) is 2.31. The molecular weight excluding hydrogens is 182 g/mol. The fraction of sp³-hybridized carbons (Fsp3) is 0.455. The average molecular weight is 196 g/mol. The Morgan fingerprint density at radius 2 is 2.31 bits per heavy atom. The minimum atomic E-state index is 0.236. The minimum absolute atomic E-state index is 0.236. The van der Waals surface area contributed by atoms with Gasteiger partial charge in [0.2, 0.25) is 0 Å². The van der Waals surface area contributed by atoms with Crippen LogP contribution in [0.2, 0.25) is 5.02 Å². The maximum absolute atomic E-state index is 5.95. The van der Waals surface area contributed by atoms with Gasteiger partial charge in [-0.1, -0.05) is 17.7 Å². The molecule has 0 heterocycles. The highest BCUT2D eigenvalue weighted by molar-refractivity contribution is 6.30. The Morgan fingerprint density at radius 1 is 1.54 bits per heavy atom. The highest BCUT2D eigenvalue weighted by atomic mass is 35.5. The van der Waals surface area contributed by atoms with Crippen molar-refractivity contribution in [3.63, 3.8) is 0 Å². The SMILES string of the molecule is CC(N)C1CCc2ccc(Cl)cc21. The quantitative estimate of drug-likeness (QED) is 0.733. The van der Waals surface area contributed by atoms with Crippen LogP contribution in [0.4, 0.5) is 0 Å². The maximum Gasteiger partial charge on any atom is 0.0409 e. The van der Waals surface area contributed by atoms with E-state index in [1.165, 1.54) is 17.5 Å². The maximum atomic E-state index is 5.95. The van der Waals surface area contributed by atoms with Gasteiger partial charge < -0.3 is 5.73 Å². The van der Waals surface area contributed by atoms with Crippen LogP contribution in [0, 0.1) is 0 Å². The fourth-order valence-electron chi connectivity index (χ4n) is 2.15. The average Bonchev–Trinajstić information content (AvgIpc) is 2.46. The van der Waals surface area contributed by atoms with E-state index in [-0.39, 0.29) is 6.04 Å². The van der Waals surface area contributed by atoms with Crippen LogP contribution in [0.3, 0.4) is 0 Å². The summed E-state index contributed by atoms with van der Waals surface area (Å²) in [6.45, 7) is 2.07. The van der Waals surface area contributed by atoms with Crippen molar-refractivity contribution in [3.05, 3.63) is 34.3 Å². The first kappa shape index (κ1) is 9.04. The first-order valence-corrected chi connectivity index (χ1v) is 5.10. The molecule has 2 atom stereocenters. The Morgan fingerprint density at radius 3 is 3.00 bits per heavy atom. The molecular formula is C11H14ClN. The van der Waals surface area contributed by atoms with E-state index in [1.807, 2.05) is 6.07 Å². The molecule has 1 aromatic carbocycles. The van der Waals surface area contributed by atoms with Gasteiger partial charge in [0, 0.05) is 11.1 Å². The number of hydrogen-bond donors (Lipinski definition) is 1. The largest absolute Gasteiger partial charge is 0.327 e. The summed E-state index contributed by atoms with van der Waals surface area (Å²) in [7, 11) is 0. The molecule has 0 radical (unpaired) electrons. The molecule has 70 valence electrons. The smallest absolute Gasteiger partial charge is 0.0409 e. The van der Waals surface area contributed by atoms with Crippen molar-refractivity contribution in [2.45, 2.75) is 31.7 Å². The molecule has 0 bridgehead atoms. The summed E-state index contributed by atoms with van der Waals surface area (Å²) in [6.07, 6.45) is 2.33. The zero-order chi connectivity index (χ0) is 9.42. The molecule has 0 spiro atoms. The summed E-state index contributed by atoms with van der Waals surface area (Å²) in [4.78, 5) is 0. The molecule has 0 aromatic heterocycles. The molecule has 0 fully saturated rings. The second kappa shape index (κ2) is 3.32. The normalized spacial score (nSPS) is 22.8. The first-order valence-electron chi connectivity index (χ1n) is 4.72. The Balaban J connectivity index is 2.40. The molecule has 1 nitrogen and oxygen atoms in total. The number of nitrogens with two attached hydrogens (primary N) is 1. The molecule has 0 amide bonds. The zero-order valence-electron chi connectivity index (χ0n) is 7.76. The minimum Gasteiger partial charge on any atom is -0.327 e. The lowest BCUT2D eigenvalue weighted by Gasteiger charge is -2.15. The van der Waals surface area contributed by atoms with Gasteiger partial charge in [-0.3, -0.25) is 0 Å². The van der Waals surface area contributed by atoms with E-state index in [1.54, 1.807) is 0 Å². The molecule has 1 aliphatic carbocycles. The number of fused-ring (bicyclic) bond motifs is 1. The highest BCUT2D eigenvalue weighted by Gasteiger charge is 2.25. The number of rotatable bonds is 1. The second-order valence-electron chi connectivity index (χ2n) is 3.85. The number of hydrogen-bond acceptors (Lipinski definition) is 1. The Hall–Kier alpha value is -0.530. The van der Waals surface area contributed by atoms with Gasteiger partial charge in [-0.2, -0.15) is 0 Å². The summed E-state index contributed by atoms with van der Waals surface area (Å²) in [5.41, 5.74) is 8.71. The summed E-state index contributed by atoms with van der Waals surface area (Å²) in [6, 6.07) is 6.39. The molecule has 2 heteroatoms. The third-order valence-corrected chi connectivity index (χ3v) is 3.10. The molecule has 2 rings (SSSR count). The van der Waals surface area contributed by atoms with Crippen LogP contribution in [0.5, 0.6) is 0 Å². The fourth-order valence-corrected chi connectivity index (χ4v) is 2.33. The van der Waals surface area contributed by atoms with E-state index in [9.17, 15) is 0 Å². The summed E-state index contributed by atoms with van der Waals surface area (Å²) >= 11 is 5.95. The van der Waals surface area contributed by atoms with Crippen molar-refractivity contribution in [3.8, 4) is 0 Å². The standard InChI is InChI=1S/C11H14ClN/c1-7(13)10-5-3-8-2-4-9(12)6-11(8)10/h2,4,6-7,10H,3,5,13H2,1H3. The first-order chi connectivity index (χ1) is 6.18. The van der Waals surface area contributed by atoms with Crippen molar-refractivity contribution >= 4 is 11.6 Å². The summed E-state index contributed by atoms with van der Waals surface area (Å²) in [5.74, 6) is 0.508. The highest BCUT2D eigenvalue weighted by Crippen LogP contribution is 2.36. The van der Waals surface area contributed by atoms with Gasteiger partial charge in [-0.25, -0.2) is 0 Å².